The zero-order valence-electron chi connectivity index (χ0n) is 12.2. The number of halogens is 1. The van der Waals surface area contributed by atoms with Gasteiger partial charge < -0.3 is 14.7 Å². The standard InChI is InChI=1S/C15H20BrNO4/c1-11(15(19)20)10-17(2)14(18)7-4-8-21-13-6-3-5-12(16)9-13/h3,5-6,9,11H,4,7-8,10H2,1-2H3,(H,19,20). The number of rotatable bonds is 8. The number of hydrogen-bond acceptors (Lipinski definition) is 3. The van der Waals surface area contributed by atoms with Crippen molar-refractivity contribution in [3.05, 3.63) is 28.7 Å². The molecule has 1 rings (SSSR count). The van der Waals surface area contributed by atoms with Crippen molar-refractivity contribution in [1.82, 2.24) is 4.90 Å². The first kappa shape index (κ1) is 17.5. The van der Waals surface area contributed by atoms with E-state index in [-0.39, 0.29) is 12.5 Å². The molecule has 0 aromatic heterocycles. The molecule has 1 unspecified atom stereocenters. The lowest BCUT2D eigenvalue weighted by Gasteiger charge is -2.19. The van der Waals surface area contributed by atoms with Gasteiger partial charge in [-0.05, 0) is 24.6 Å². The maximum absolute atomic E-state index is 11.8. The van der Waals surface area contributed by atoms with Gasteiger partial charge in [-0.1, -0.05) is 28.9 Å². The van der Waals surface area contributed by atoms with Crippen LogP contribution in [-0.4, -0.2) is 42.1 Å². The molecule has 5 nitrogen and oxygen atoms in total. The maximum atomic E-state index is 11.8. The Balaban J connectivity index is 2.25. The lowest BCUT2D eigenvalue weighted by atomic mass is 10.1. The number of carbonyl (C=O) groups is 2. The van der Waals surface area contributed by atoms with Gasteiger partial charge in [-0.15, -0.1) is 0 Å². The summed E-state index contributed by atoms with van der Waals surface area (Å²) in [6, 6.07) is 7.51. The van der Waals surface area contributed by atoms with Crippen LogP contribution >= 0.6 is 15.9 Å². The summed E-state index contributed by atoms with van der Waals surface area (Å²) < 4.78 is 6.48. The topological polar surface area (TPSA) is 66.8 Å². The van der Waals surface area contributed by atoms with E-state index in [4.69, 9.17) is 9.84 Å². The van der Waals surface area contributed by atoms with E-state index in [2.05, 4.69) is 15.9 Å². The number of carboxylic acids is 1. The van der Waals surface area contributed by atoms with E-state index in [1.54, 1.807) is 14.0 Å². The van der Waals surface area contributed by atoms with Crippen molar-refractivity contribution in [1.29, 1.82) is 0 Å². The number of ether oxygens (including phenoxy) is 1. The number of hydrogen-bond donors (Lipinski definition) is 1. The van der Waals surface area contributed by atoms with Crippen LogP contribution in [0.3, 0.4) is 0 Å². The van der Waals surface area contributed by atoms with E-state index in [0.717, 1.165) is 10.2 Å². The molecular weight excluding hydrogens is 338 g/mol. The molecule has 0 spiro atoms. The van der Waals surface area contributed by atoms with E-state index >= 15 is 0 Å². The molecule has 0 saturated carbocycles. The smallest absolute Gasteiger partial charge is 0.308 e. The minimum Gasteiger partial charge on any atom is -0.494 e. The van der Waals surface area contributed by atoms with Gasteiger partial charge in [-0.25, -0.2) is 0 Å². The monoisotopic (exact) mass is 357 g/mol. The van der Waals surface area contributed by atoms with Crippen molar-refractivity contribution in [2.24, 2.45) is 5.92 Å². The summed E-state index contributed by atoms with van der Waals surface area (Å²) in [7, 11) is 1.62. The lowest BCUT2D eigenvalue weighted by molar-refractivity contribution is -0.142. The zero-order chi connectivity index (χ0) is 15.8. The van der Waals surface area contributed by atoms with Gasteiger partial charge in [0.25, 0.3) is 0 Å². The third kappa shape index (κ3) is 6.62. The highest BCUT2D eigenvalue weighted by atomic mass is 79.9. The molecule has 0 bridgehead atoms. The number of benzene rings is 1. The van der Waals surface area contributed by atoms with Crippen LogP contribution in [0.1, 0.15) is 19.8 Å². The zero-order valence-corrected chi connectivity index (χ0v) is 13.8. The Morgan fingerprint density at radius 2 is 2.14 bits per heavy atom. The number of carboxylic acid groups (broad SMARTS) is 1. The van der Waals surface area contributed by atoms with E-state index in [9.17, 15) is 9.59 Å². The minimum absolute atomic E-state index is 0.0686. The number of amides is 1. The Kier molecular flexibility index (Phi) is 7.22. The van der Waals surface area contributed by atoms with Crippen LogP contribution in [0.5, 0.6) is 5.75 Å². The molecule has 0 aliphatic heterocycles. The molecule has 21 heavy (non-hydrogen) atoms. The van der Waals surface area contributed by atoms with Crippen molar-refractivity contribution in [2.45, 2.75) is 19.8 Å². The summed E-state index contributed by atoms with van der Waals surface area (Å²) in [5.74, 6) is -0.768. The first-order valence-electron chi connectivity index (χ1n) is 6.75. The van der Waals surface area contributed by atoms with E-state index in [1.807, 2.05) is 24.3 Å². The van der Waals surface area contributed by atoms with E-state index < -0.39 is 11.9 Å². The average molecular weight is 358 g/mol. The second-order valence-corrected chi connectivity index (χ2v) is 5.84. The molecule has 1 aromatic rings. The normalized spacial score (nSPS) is 11.8. The minimum atomic E-state index is -0.896. The first-order chi connectivity index (χ1) is 9.90. The molecule has 0 aliphatic rings. The fraction of sp³-hybridized carbons (Fsp3) is 0.467. The fourth-order valence-corrected chi connectivity index (χ4v) is 2.13. The van der Waals surface area contributed by atoms with Crippen molar-refractivity contribution in [3.63, 3.8) is 0 Å². The Bertz CT molecular complexity index is 492. The third-order valence-electron chi connectivity index (χ3n) is 2.99. The molecular formula is C15H20BrNO4. The van der Waals surface area contributed by atoms with Gasteiger partial charge in [0.15, 0.2) is 0 Å². The Morgan fingerprint density at radius 1 is 1.43 bits per heavy atom. The van der Waals surface area contributed by atoms with E-state index in [1.165, 1.54) is 4.90 Å². The number of carbonyl (C=O) groups excluding carboxylic acids is 1. The molecule has 1 amide bonds. The van der Waals surface area contributed by atoms with Gasteiger partial charge >= 0.3 is 5.97 Å². The molecule has 1 aromatic carbocycles. The predicted molar refractivity (Wildman–Crippen MR) is 83.3 cm³/mol. The number of nitrogens with zero attached hydrogens (tertiary/aromatic N) is 1. The van der Waals surface area contributed by atoms with Gasteiger partial charge in [0.1, 0.15) is 5.75 Å². The highest BCUT2D eigenvalue weighted by Crippen LogP contribution is 2.17. The van der Waals surface area contributed by atoms with Gasteiger partial charge in [0, 0.05) is 24.5 Å². The third-order valence-corrected chi connectivity index (χ3v) is 3.49. The number of aliphatic carboxylic acids is 1. The summed E-state index contributed by atoms with van der Waals surface area (Å²) in [6.07, 6.45) is 0.938. The van der Waals surface area contributed by atoms with Gasteiger partial charge in [-0.2, -0.15) is 0 Å². The Hall–Kier alpha value is -1.56. The van der Waals surface area contributed by atoms with Crippen LogP contribution in [-0.2, 0) is 9.59 Å². The van der Waals surface area contributed by atoms with Gasteiger partial charge in [0.05, 0.1) is 12.5 Å². The van der Waals surface area contributed by atoms with Gasteiger partial charge in [0.2, 0.25) is 5.91 Å². The molecule has 0 fully saturated rings. The summed E-state index contributed by atoms with van der Waals surface area (Å²) in [4.78, 5) is 24.0. The second-order valence-electron chi connectivity index (χ2n) is 4.92. The molecule has 0 heterocycles. The van der Waals surface area contributed by atoms with Crippen LogP contribution in [0.4, 0.5) is 0 Å². The van der Waals surface area contributed by atoms with Crippen LogP contribution < -0.4 is 4.74 Å². The first-order valence-corrected chi connectivity index (χ1v) is 7.54. The van der Waals surface area contributed by atoms with Crippen LogP contribution in [0, 0.1) is 5.92 Å². The van der Waals surface area contributed by atoms with Crippen molar-refractivity contribution in [3.8, 4) is 5.75 Å². The molecule has 1 atom stereocenters. The van der Waals surface area contributed by atoms with Crippen molar-refractivity contribution >= 4 is 27.8 Å². The molecule has 0 saturated heterocycles. The fourth-order valence-electron chi connectivity index (χ4n) is 1.75. The molecule has 0 radical (unpaired) electrons. The van der Waals surface area contributed by atoms with Crippen molar-refractivity contribution in [2.75, 3.05) is 20.2 Å². The predicted octanol–water partition coefficient (Wildman–Crippen LogP) is 2.79. The quantitative estimate of drug-likeness (QED) is 0.726. The second kappa shape index (κ2) is 8.67. The largest absolute Gasteiger partial charge is 0.494 e. The maximum Gasteiger partial charge on any atom is 0.308 e. The summed E-state index contributed by atoms with van der Waals surface area (Å²) in [5, 5.41) is 8.81. The van der Waals surface area contributed by atoms with Crippen LogP contribution in [0.2, 0.25) is 0 Å². The average Bonchev–Trinajstić information content (AvgIpc) is 2.43. The van der Waals surface area contributed by atoms with E-state index in [0.29, 0.717) is 19.4 Å². The summed E-state index contributed by atoms with van der Waals surface area (Å²) in [6.45, 7) is 2.26. The van der Waals surface area contributed by atoms with Crippen molar-refractivity contribution < 1.29 is 19.4 Å². The molecule has 0 aliphatic carbocycles. The Labute approximate surface area is 133 Å². The highest BCUT2D eigenvalue weighted by Gasteiger charge is 2.16. The van der Waals surface area contributed by atoms with Gasteiger partial charge in [-0.3, -0.25) is 9.59 Å². The molecule has 1 N–H and O–H groups in total. The SMILES string of the molecule is CC(CN(C)C(=O)CCCOc1cccc(Br)c1)C(=O)O. The highest BCUT2D eigenvalue weighted by molar-refractivity contribution is 9.10. The molecule has 6 heteroatoms. The lowest BCUT2D eigenvalue weighted by Crippen LogP contribution is -2.33. The summed E-state index contributed by atoms with van der Waals surface area (Å²) in [5.41, 5.74) is 0. The Morgan fingerprint density at radius 3 is 2.76 bits per heavy atom. The molecule has 116 valence electrons. The summed E-state index contributed by atoms with van der Waals surface area (Å²) >= 11 is 3.36. The van der Waals surface area contributed by atoms with Crippen LogP contribution in [0.25, 0.3) is 0 Å². The van der Waals surface area contributed by atoms with Crippen LogP contribution in [0.15, 0.2) is 28.7 Å².